The van der Waals surface area contributed by atoms with Gasteiger partial charge in [0.25, 0.3) is 15.6 Å². The van der Waals surface area contributed by atoms with Crippen LogP contribution in [0.3, 0.4) is 0 Å². The first-order valence-electron chi connectivity index (χ1n) is 11.2. The fourth-order valence-corrected chi connectivity index (χ4v) is 6.09. The van der Waals surface area contributed by atoms with Gasteiger partial charge in [0, 0.05) is 22.9 Å². The van der Waals surface area contributed by atoms with Crippen molar-refractivity contribution in [1.29, 1.82) is 0 Å². The van der Waals surface area contributed by atoms with Crippen molar-refractivity contribution >= 4 is 73.1 Å². The summed E-state index contributed by atoms with van der Waals surface area (Å²) in [5, 5.41) is 12.6. The van der Waals surface area contributed by atoms with Crippen LogP contribution in [0, 0.1) is 0 Å². The summed E-state index contributed by atoms with van der Waals surface area (Å²) in [4.78, 5) is 14.2. The van der Waals surface area contributed by atoms with E-state index in [1.54, 1.807) is 12.1 Å². The summed E-state index contributed by atoms with van der Waals surface area (Å²) >= 11 is 7.70. The number of aryl methyl sites for hydroxylation is 1. The van der Waals surface area contributed by atoms with Crippen LogP contribution >= 0.6 is 23.4 Å². The first-order valence-corrected chi connectivity index (χ1v) is 14.0. The molecule has 0 fully saturated rings. The van der Waals surface area contributed by atoms with E-state index in [-0.39, 0.29) is 25.1 Å². The molecule has 4 aromatic rings. The maximum atomic E-state index is 11.4. The first kappa shape index (κ1) is 24.6. The second-order valence-corrected chi connectivity index (χ2v) is 11.4. The van der Waals surface area contributed by atoms with E-state index in [2.05, 4.69) is 0 Å². The maximum absolute atomic E-state index is 11.4. The van der Waals surface area contributed by atoms with Gasteiger partial charge >= 0.3 is 11.9 Å². The molecule has 8 nitrogen and oxygen atoms in total. The van der Waals surface area contributed by atoms with Gasteiger partial charge in [-0.1, -0.05) is 47.6 Å². The molecule has 11 heteroatoms. The third-order valence-electron chi connectivity index (χ3n) is 5.89. The number of aliphatic carboxylic acids is 1. The minimum absolute atomic E-state index is 0.0665. The molecule has 2 heterocycles. The summed E-state index contributed by atoms with van der Waals surface area (Å²) in [6, 6.07) is 17.2. The normalized spacial score (nSPS) is 14.7. The molecule has 0 bridgehead atoms. The highest BCUT2D eigenvalue weighted by Gasteiger charge is 2.30. The van der Waals surface area contributed by atoms with Gasteiger partial charge in [-0.3, -0.25) is 9.35 Å². The molecule has 36 heavy (non-hydrogen) atoms. The minimum atomic E-state index is -4.11. The number of hydrogen-bond acceptors (Lipinski definition) is 6. The Balaban J connectivity index is 1.63. The third-order valence-corrected chi connectivity index (χ3v) is 8.04. The average molecular weight is 546 g/mol. The fraction of sp³-hybridized carbons (Fsp3) is 0.200. The molecule has 2 N–H and O–H groups in total. The van der Waals surface area contributed by atoms with Crippen molar-refractivity contribution in [3.63, 3.8) is 0 Å². The molecule has 0 saturated heterocycles. The summed E-state index contributed by atoms with van der Waals surface area (Å²) in [7, 11) is -4.11. The highest BCUT2D eigenvalue weighted by Crippen LogP contribution is 2.47. The van der Waals surface area contributed by atoms with E-state index in [0.717, 1.165) is 31.9 Å². The molecular formula is C25H22ClN2O6S2+. The van der Waals surface area contributed by atoms with E-state index < -0.39 is 16.1 Å². The Kier molecular flexibility index (Phi) is 6.69. The standard InChI is InChI=1S/C25H21ClN2O6S2/c26-17-7-9-21-19(14-17)27(12-10-24(29)30)23(35-21)15-22-28(11-3-13-36(31,32)33)25-18-5-2-1-4-16(18)6-8-20(25)34-22/h1-2,4-9,14-15H,3,10-13H2,(H-,29,30,31,32,33)/p+1. The molecule has 0 atom stereocenters. The Labute approximate surface area is 216 Å². The summed E-state index contributed by atoms with van der Waals surface area (Å²) < 4.78 is 40.1. The van der Waals surface area contributed by atoms with Gasteiger partial charge in [-0.05, 0) is 35.7 Å². The summed E-state index contributed by atoms with van der Waals surface area (Å²) in [5.74, 6) is -0.805. The van der Waals surface area contributed by atoms with Crippen molar-refractivity contribution in [2.45, 2.75) is 24.3 Å². The Bertz CT molecular complexity index is 1630. The predicted molar refractivity (Wildman–Crippen MR) is 140 cm³/mol. The van der Waals surface area contributed by atoms with Gasteiger partial charge in [0.15, 0.2) is 6.54 Å². The monoisotopic (exact) mass is 545 g/mol. The van der Waals surface area contributed by atoms with Crippen molar-refractivity contribution in [1.82, 2.24) is 0 Å². The number of carboxylic acids is 1. The molecule has 0 spiro atoms. The lowest BCUT2D eigenvalue weighted by Crippen LogP contribution is -2.36. The van der Waals surface area contributed by atoms with Gasteiger partial charge in [0.1, 0.15) is 0 Å². The lowest BCUT2D eigenvalue weighted by Gasteiger charge is -2.19. The van der Waals surface area contributed by atoms with Crippen LogP contribution in [0.1, 0.15) is 18.7 Å². The smallest absolute Gasteiger partial charge is 0.376 e. The highest BCUT2D eigenvalue weighted by molar-refractivity contribution is 8.03. The molecule has 0 saturated carbocycles. The number of rotatable bonds is 8. The van der Waals surface area contributed by atoms with Crippen molar-refractivity contribution in [3.8, 4) is 0 Å². The average Bonchev–Trinajstić information content (AvgIpc) is 3.34. The van der Waals surface area contributed by atoms with Gasteiger partial charge < -0.3 is 14.4 Å². The second-order valence-electron chi connectivity index (χ2n) is 8.36. The van der Waals surface area contributed by atoms with Crippen LogP contribution in [-0.2, 0) is 21.5 Å². The number of hydrogen-bond donors (Lipinski definition) is 2. The van der Waals surface area contributed by atoms with E-state index in [1.807, 2.05) is 58.0 Å². The van der Waals surface area contributed by atoms with Crippen molar-refractivity contribution < 1.29 is 31.9 Å². The Morgan fingerprint density at radius 2 is 1.97 bits per heavy atom. The number of anilines is 1. The Hall–Kier alpha value is -3.05. The first-order chi connectivity index (χ1) is 17.2. The maximum Gasteiger partial charge on any atom is 0.376 e. The molecule has 1 aliphatic heterocycles. The third kappa shape index (κ3) is 5.08. The van der Waals surface area contributed by atoms with Crippen LogP contribution in [-0.4, -0.2) is 36.3 Å². The molecule has 1 aliphatic rings. The van der Waals surface area contributed by atoms with Crippen LogP contribution in [0.25, 0.3) is 27.9 Å². The van der Waals surface area contributed by atoms with Crippen LogP contribution < -0.4 is 9.47 Å². The number of oxazole rings is 1. The lowest BCUT2D eigenvalue weighted by atomic mass is 10.1. The van der Waals surface area contributed by atoms with E-state index in [1.165, 1.54) is 11.8 Å². The quantitative estimate of drug-likeness (QED) is 0.230. The van der Waals surface area contributed by atoms with Crippen LogP contribution in [0.5, 0.6) is 0 Å². The van der Waals surface area contributed by atoms with E-state index >= 15 is 0 Å². The summed E-state index contributed by atoms with van der Waals surface area (Å²) in [6.45, 7) is 0.534. The zero-order valence-electron chi connectivity index (χ0n) is 18.9. The number of fused-ring (bicyclic) bond motifs is 4. The topological polar surface area (TPSA) is 112 Å². The van der Waals surface area contributed by atoms with Crippen LogP contribution in [0.2, 0.25) is 5.02 Å². The summed E-state index contributed by atoms with van der Waals surface area (Å²) in [5.41, 5.74) is 2.27. The van der Waals surface area contributed by atoms with E-state index in [4.69, 9.17) is 16.0 Å². The lowest BCUT2D eigenvalue weighted by molar-refractivity contribution is -0.677. The second kappa shape index (κ2) is 9.78. The van der Waals surface area contributed by atoms with Gasteiger partial charge in [-0.15, -0.1) is 0 Å². The van der Waals surface area contributed by atoms with E-state index in [9.17, 15) is 22.9 Å². The number of aromatic nitrogens is 1. The van der Waals surface area contributed by atoms with Gasteiger partial charge in [-0.25, -0.2) is 0 Å². The molecule has 0 radical (unpaired) electrons. The number of carbonyl (C=O) groups is 1. The SMILES string of the molecule is O=C(O)CCN1C(=Cc2oc3ccc4ccccc4c3[n+]2CCCS(=O)(=O)O)Sc2ccc(Cl)cc21. The van der Waals surface area contributed by atoms with Gasteiger partial charge in [-0.2, -0.15) is 13.0 Å². The minimum Gasteiger partial charge on any atom is -0.481 e. The zero-order valence-corrected chi connectivity index (χ0v) is 21.3. The number of benzene rings is 3. The fourth-order valence-electron chi connectivity index (χ4n) is 4.33. The highest BCUT2D eigenvalue weighted by atomic mass is 35.5. The van der Waals surface area contributed by atoms with Gasteiger partial charge in [0.05, 0.1) is 34.4 Å². The number of halogens is 1. The number of thioether (sulfide) groups is 1. The molecule has 1 aromatic heterocycles. The number of nitrogens with zero attached hydrogens (tertiary/aromatic N) is 2. The largest absolute Gasteiger partial charge is 0.481 e. The molecule has 0 unspecified atom stereocenters. The molecular weight excluding hydrogens is 524 g/mol. The Morgan fingerprint density at radius 3 is 2.75 bits per heavy atom. The van der Waals surface area contributed by atoms with Crippen molar-refractivity contribution in [3.05, 3.63) is 70.5 Å². The van der Waals surface area contributed by atoms with Crippen LogP contribution in [0.15, 0.2) is 68.9 Å². The van der Waals surface area contributed by atoms with E-state index in [0.29, 0.717) is 23.0 Å². The Morgan fingerprint density at radius 1 is 1.17 bits per heavy atom. The van der Waals surface area contributed by atoms with Crippen molar-refractivity contribution in [2.24, 2.45) is 0 Å². The number of carboxylic acid groups (broad SMARTS) is 1. The predicted octanol–water partition coefficient (Wildman–Crippen LogP) is 5.19. The molecule has 0 amide bonds. The van der Waals surface area contributed by atoms with Crippen LogP contribution in [0.4, 0.5) is 5.69 Å². The molecule has 3 aromatic carbocycles. The summed E-state index contributed by atoms with van der Waals surface area (Å²) in [6.07, 6.45) is 1.95. The molecule has 186 valence electrons. The van der Waals surface area contributed by atoms with Gasteiger partial charge in [0.2, 0.25) is 5.58 Å². The zero-order chi connectivity index (χ0) is 25.4. The molecule has 0 aliphatic carbocycles. The van der Waals surface area contributed by atoms with Crippen molar-refractivity contribution in [2.75, 3.05) is 17.2 Å². The molecule has 5 rings (SSSR count).